The summed E-state index contributed by atoms with van der Waals surface area (Å²) in [5.74, 6) is 0.614. The van der Waals surface area contributed by atoms with E-state index in [-0.39, 0.29) is 5.12 Å². The third kappa shape index (κ3) is 4.36. The van der Waals surface area contributed by atoms with Gasteiger partial charge in [0.2, 0.25) is 0 Å². The van der Waals surface area contributed by atoms with Crippen LogP contribution in [-0.2, 0) is 4.79 Å². The smallest absolute Gasteiger partial charge is 0.186 e. The van der Waals surface area contributed by atoms with Crippen molar-refractivity contribution in [1.82, 2.24) is 4.98 Å². The van der Waals surface area contributed by atoms with Crippen LogP contribution in [0.25, 0.3) is 6.08 Å². The van der Waals surface area contributed by atoms with Gasteiger partial charge in [-0.05, 0) is 18.2 Å². The first-order valence-electron chi connectivity index (χ1n) is 4.31. The summed E-state index contributed by atoms with van der Waals surface area (Å²) >= 11 is 6.95. The first-order chi connectivity index (χ1) is 7.09. The number of halogens is 1. The number of anilines is 1. The molecule has 2 N–H and O–H groups in total. The van der Waals surface area contributed by atoms with Crippen LogP contribution in [0.2, 0.25) is 5.15 Å². The van der Waals surface area contributed by atoms with Gasteiger partial charge in [0.05, 0.1) is 11.4 Å². The van der Waals surface area contributed by atoms with Gasteiger partial charge in [0, 0.05) is 12.7 Å². The second kappa shape index (κ2) is 5.78. The van der Waals surface area contributed by atoms with Crippen LogP contribution in [0.3, 0.4) is 0 Å². The molecule has 0 saturated carbocycles. The fraction of sp³-hybridized carbons (Fsp3) is 0.200. The summed E-state index contributed by atoms with van der Waals surface area (Å²) in [6.07, 6.45) is 3.60. The zero-order chi connectivity index (χ0) is 11.3. The summed E-state index contributed by atoms with van der Waals surface area (Å²) in [5, 5.41) is 0.495. The Labute approximate surface area is 97.7 Å². The van der Waals surface area contributed by atoms with Crippen LogP contribution in [0.4, 0.5) is 5.69 Å². The summed E-state index contributed by atoms with van der Waals surface area (Å²) in [7, 11) is 0. The van der Waals surface area contributed by atoms with Gasteiger partial charge in [0.15, 0.2) is 5.12 Å². The molecule has 0 fully saturated rings. The van der Waals surface area contributed by atoms with Crippen molar-refractivity contribution in [2.75, 3.05) is 11.5 Å². The van der Waals surface area contributed by atoms with Crippen LogP contribution in [0.15, 0.2) is 18.2 Å². The van der Waals surface area contributed by atoms with E-state index in [0.717, 1.165) is 0 Å². The van der Waals surface area contributed by atoms with Crippen molar-refractivity contribution in [2.24, 2.45) is 0 Å². The Balaban J connectivity index is 2.63. The lowest BCUT2D eigenvalue weighted by Gasteiger charge is -1.99. The maximum atomic E-state index is 10.6. The Morgan fingerprint density at radius 2 is 2.40 bits per heavy atom. The van der Waals surface area contributed by atoms with Gasteiger partial charge >= 0.3 is 0 Å². The molecule has 3 nitrogen and oxygen atoms in total. The van der Waals surface area contributed by atoms with E-state index in [1.165, 1.54) is 18.7 Å². The maximum Gasteiger partial charge on any atom is 0.186 e. The van der Waals surface area contributed by atoms with Gasteiger partial charge in [0.1, 0.15) is 5.15 Å². The number of carbonyl (C=O) groups is 1. The summed E-state index contributed by atoms with van der Waals surface area (Å²) in [5.41, 5.74) is 6.89. The standard InChI is InChI=1S/C10H11ClN2OS/c1-7(14)15-6-2-3-9-8(12)4-5-10(11)13-9/h2-5H,6,12H2,1H3. The average Bonchev–Trinajstić information content (AvgIpc) is 2.17. The Bertz CT molecular complexity index is 393. The van der Waals surface area contributed by atoms with E-state index in [9.17, 15) is 4.79 Å². The number of pyridine rings is 1. The molecule has 0 atom stereocenters. The van der Waals surface area contributed by atoms with Gasteiger partial charge in [-0.25, -0.2) is 4.98 Å². The lowest BCUT2D eigenvalue weighted by Crippen LogP contribution is -1.92. The molecule has 1 aromatic rings. The van der Waals surface area contributed by atoms with Crippen molar-refractivity contribution >= 4 is 40.2 Å². The predicted octanol–water partition coefficient (Wildman–Crippen LogP) is 2.61. The van der Waals surface area contributed by atoms with E-state index < -0.39 is 0 Å². The molecule has 0 saturated heterocycles. The van der Waals surface area contributed by atoms with Crippen LogP contribution in [0.5, 0.6) is 0 Å². The fourth-order valence-electron chi connectivity index (χ4n) is 0.920. The van der Waals surface area contributed by atoms with E-state index in [0.29, 0.717) is 22.3 Å². The molecular weight excluding hydrogens is 232 g/mol. The Hall–Kier alpha value is -1.00. The molecule has 5 heteroatoms. The summed E-state index contributed by atoms with van der Waals surface area (Å²) in [6, 6.07) is 3.34. The second-order valence-electron chi connectivity index (χ2n) is 2.81. The number of thioether (sulfide) groups is 1. The van der Waals surface area contributed by atoms with Gasteiger partial charge in [0.25, 0.3) is 0 Å². The van der Waals surface area contributed by atoms with Crippen molar-refractivity contribution in [2.45, 2.75) is 6.92 Å². The largest absolute Gasteiger partial charge is 0.397 e. The molecule has 0 spiro atoms. The molecule has 0 bridgehead atoms. The van der Waals surface area contributed by atoms with Crippen LogP contribution in [0, 0.1) is 0 Å². The number of hydrogen-bond donors (Lipinski definition) is 1. The number of carbonyl (C=O) groups excluding carboxylic acids is 1. The lowest BCUT2D eigenvalue weighted by molar-refractivity contribution is -0.109. The fourth-order valence-corrected chi connectivity index (χ4v) is 1.50. The zero-order valence-electron chi connectivity index (χ0n) is 8.24. The summed E-state index contributed by atoms with van der Waals surface area (Å²) in [6.45, 7) is 1.53. The van der Waals surface area contributed by atoms with Gasteiger partial charge in [-0.15, -0.1) is 0 Å². The van der Waals surface area contributed by atoms with Gasteiger partial charge in [-0.3, -0.25) is 4.79 Å². The minimum Gasteiger partial charge on any atom is -0.397 e. The van der Waals surface area contributed by atoms with E-state index in [1.807, 2.05) is 6.08 Å². The number of nitrogen functional groups attached to an aromatic ring is 1. The number of nitrogens with zero attached hydrogens (tertiary/aromatic N) is 1. The number of hydrogen-bond acceptors (Lipinski definition) is 4. The highest BCUT2D eigenvalue weighted by atomic mass is 35.5. The van der Waals surface area contributed by atoms with Crippen LogP contribution < -0.4 is 5.73 Å². The first-order valence-corrected chi connectivity index (χ1v) is 5.68. The second-order valence-corrected chi connectivity index (χ2v) is 4.40. The molecule has 1 heterocycles. The van der Waals surface area contributed by atoms with Crippen molar-refractivity contribution < 1.29 is 4.79 Å². The summed E-state index contributed by atoms with van der Waals surface area (Å²) < 4.78 is 0. The lowest BCUT2D eigenvalue weighted by atomic mass is 10.3. The maximum absolute atomic E-state index is 10.6. The molecule has 0 radical (unpaired) electrons. The topological polar surface area (TPSA) is 56.0 Å². The minimum absolute atomic E-state index is 0.0895. The molecule has 0 aliphatic heterocycles. The molecule has 0 aliphatic rings. The Morgan fingerprint density at radius 1 is 1.67 bits per heavy atom. The third-order valence-electron chi connectivity index (χ3n) is 1.58. The molecule has 15 heavy (non-hydrogen) atoms. The van der Waals surface area contributed by atoms with Gasteiger partial charge in [-0.2, -0.15) is 0 Å². The van der Waals surface area contributed by atoms with Crippen molar-refractivity contribution in [3.05, 3.63) is 29.1 Å². The Kier molecular flexibility index (Phi) is 4.65. The minimum atomic E-state index is 0.0895. The molecule has 80 valence electrons. The molecule has 1 aromatic heterocycles. The molecule has 1 rings (SSSR count). The summed E-state index contributed by atoms with van der Waals surface area (Å²) in [4.78, 5) is 14.7. The quantitative estimate of drug-likeness (QED) is 0.828. The van der Waals surface area contributed by atoms with Crippen LogP contribution in [-0.4, -0.2) is 15.9 Å². The average molecular weight is 243 g/mol. The number of nitrogens with two attached hydrogens (primary N) is 1. The van der Waals surface area contributed by atoms with Crippen LogP contribution in [0.1, 0.15) is 12.6 Å². The molecular formula is C10H11ClN2OS. The van der Waals surface area contributed by atoms with Crippen LogP contribution >= 0.6 is 23.4 Å². The van der Waals surface area contributed by atoms with Crippen molar-refractivity contribution in [3.63, 3.8) is 0 Å². The van der Waals surface area contributed by atoms with E-state index >= 15 is 0 Å². The van der Waals surface area contributed by atoms with Gasteiger partial charge in [-0.1, -0.05) is 29.4 Å². The monoisotopic (exact) mass is 242 g/mol. The third-order valence-corrected chi connectivity index (χ3v) is 2.56. The number of rotatable bonds is 3. The highest BCUT2D eigenvalue weighted by Gasteiger charge is 1.97. The normalized spacial score (nSPS) is 10.8. The zero-order valence-corrected chi connectivity index (χ0v) is 9.81. The SMILES string of the molecule is CC(=O)SCC=Cc1nc(Cl)ccc1N. The van der Waals surface area contributed by atoms with Gasteiger partial charge < -0.3 is 5.73 Å². The molecule has 0 amide bonds. The predicted molar refractivity (Wildman–Crippen MR) is 65.8 cm³/mol. The van der Waals surface area contributed by atoms with Crippen molar-refractivity contribution in [1.29, 1.82) is 0 Å². The molecule has 0 aromatic carbocycles. The number of aromatic nitrogens is 1. The van der Waals surface area contributed by atoms with Crippen molar-refractivity contribution in [3.8, 4) is 0 Å². The highest BCUT2D eigenvalue weighted by molar-refractivity contribution is 8.13. The molecule has 0 unspecified atom stereocenters. The molecule has 0 aliphatic carbocycles. The van der Waals surface area contributed by atoms with E-state index in [4.69, 9.17) is 17.3 Å². The first kappa shape index (κ1) is 12.1. The Morgan fingerprint density at radius 3 is 3.07 bits per heavy atom. The van der Waals surface area contributed by atoms with E-state index in [2.05, 4.69) is 4.98 Å². The highest BCUT2D eigenvalue weighted by Crippen LogP contribution is 2.15. The van der Waals surface area contributed by atoms with E-state index in [1.54, 1.807) is 18.2 Å².